The largest absolute Gasteiger partial charge is 0.308 e. The summed E-state index contributed by atoms with van der Waals surface area (Å²) in [4.78, 5) is 9.32. The molecule has 0 aliphatic carbocycles. The summed E-state index contributed by atoms with van der Waals surface area (Å²) in [7, 11) is 0. The van der Waals surface area contributed by atoms with Crippen LogP contribution in [0, 0.1) is 6.92 Å². The van der Waals surface area contributed by atoms with E-state index in [1.54, 1.807) is 0 Å². The van der Waals surface area contributed by atoms with Gasteiger partial charge < -0.3 is 4.57 Å². The Morgan fingerprint density at radius 1 is 0.697 bits per heavy atom. The molecule has 4 aromatic heterocycles. The van der Waals surface area contributed by atoms with Crippen LogP contribution in [0.15, 0.2) is 97.3 Å². The topological polar surface area (TPSA) is 30.7 Å². The van der Waals surface area contributed by atoms with Crippen LogP contribution in [0.5, 0.6) is 0 Å². The van der Waals surface area contributed by atoms with Gasteiger partial charge >= 0.3 is 0 Å². The van der Waals surface area contributed by atoms with Crippen LogP contribution >= 0.6 is 11.3 Å². The molecule has 0 atom stereocenters. The van der Waals surface area contributed by atoms with Crippen LogP contribution in [0.4, 0.5) is 0 Å². The molecule has 7 aromatic rings. The molecule has 3 aromatic carbocycles. The Hall–Kier alpha value is -4.02. The summed E-state index contributed by atoms with van der Waals surface area (Å²) in [6.07, 6.45) is 3.78. The molecule has 4 heteroatoms. The van der Waals surface area contributed by atoms with Gasteiger partial charge in [0, 0.05) is 37.1 Å². The van der Waals surface area contributed by atoms with Crippen LogP contribution in [-0.4, -0.2) is 14.5 Å². The normalized spacial score (nSPS) is 11.8. The molecule has 0 amide bonds. The van der Waals surface area contributed by atoms with Gasteiger partial charge in [0.05, 0.1) is 34.3 Å². The third-order valence-corrected chi connectivity index (χ3v) is 7.64. The predicted molar refractivity (Wildman–Crippen MR) is 139 cm³/mol. The Morgan fingerprint density at radius 2 is 1.55 bits per heavy atom. The maximum Gasteiger partial charge on any atom is 0.0915 e. The molecular weight excluding hydrogens is 422 g/mol. The summed E-state index contributed by atoms with van der Waals surface area (Å²) in [5.74, 6) is 0. The Morgan fingerprint density at radius 3 is 2.39 bits per heavy atom. The first-order valence-electron chi connectivity index (χ1n) is 11.0. The minimum Gasteiger partial charge on any atom is -0.308 e. The summed E-state index contributed by atoms with van der Waals surface area (Å²) < 4.78 is 5.00. The number of hydrogen-bond acceptors (Lipinski definition) is 3. The number of fused-ring (bicyclic) bond motifs is 7. The van der Waals surface area contributed by atoms with Gasteiger partial charge in [-0.1, -0.05) is 48.5 Å². The molecule has 0 radical (unpaired) electrons. The SMILES string of the molecule is Cc1cccnc1-c1ccc(-n2c3ccccc3c3c4sc5ccccc5c4ccc32)cn1. The van der Waals surface area contributed by atoms with Crippen molar-refractivity contribution in [2.75, 3.05) is 0 Å². The highest BCUT2D eigenvalue weighted by Gasteiger charge is 2.17. The molecule has 0 N–H and O–H groups in total. The summed E-state index contributed by atoms with van der Waals surface area (Å²) >= 11 is 1.88. The van der Waals surface area contributed by atoms with E-state index in [2.05, 4.69) is 95.3 Å². The lowest BCUT2D eigenvalue weighted by molar-refractivity contribution is 1.13. The number of pyridine rings is 2. The van der Waals surface area contributed by atoms with Crippen molar-refractivity contribution in [3.63, 3.8) is 0 Å². The Bertz CT molecular complexity index is 1820. The van der Waals surface area contributed by atoms with Crippen molar-refractivity contribution in [1.29, 1.82) is 0 Å². The van der Waals surface area contributed by atoms with E-state index in [1.165, 1.54) is 42.0 Å². The predicted octanol–water partition coefficient (Wildman–Crippen LogP) is 7.92. The molecule has 0 aliphatic heterocycles. The van der Waals surface area contributed by atoms with Crippen LogP contribution in [0.25, 0.3) is 59.1 Å². The Balaban J connectivity index is 1.52. The number of rotatable bonds is 2. The zero-order valence-electron chi connectivity index (χ0n) is 18.0. The van der Waals surface area contributed by atoms with Crippen molar-refractivity contribution in [3.8, 4) is 17.1 Å². The van der Waals surface area contributed by atoms with Crippen molar-refractivity contribution in [1.82, 2.24) is 14.5 Å². The molecule has 0 bridgehead atoms. The van der Waals surface area contributed by atoms with Gasteiger partial charge in [0.1, 0.15) is 0 Å². The lowest BCUT2D eigenvalue weighted by atomic mass is 10.1. The van der Waals surface area contributed by atoms with Crippen LogP contribution in [0.3, 0.4) is 0 Å². The fourth-order valence-electron chi connectivity index (χ4n) is 4.93. The summed E-state index contributed by atoms with van der Waals surface area (Å²) in [5.41, 5.74) is 6.41. The zero-order chi connectivity index (χ0) is 21.9. The van der Waals surface area contributed by atoms with Crippen molar-refractivity contribution in [3.05, 3.63) is 103 Å². The summed E-state index contributed by atoms with van der Waals surface area (Å²) in [5, 5.41) is 5.24. The van der Waals surface area contributed by atoms with E-state index < -0.39 is 0 Å². The second-order valence-corrected chi connectivity index (χ2v) is 9.41. The van der Waals surface area contributed by atoms with Gasteiger partial charge in [-0.2, -0.15) is 0 Å². The first-order chi connectivity index (χ1) is 16.3. The highest BCUT2D eigenvalue weighted by atomic mass is 32.1. The van der Waals surface area contributed by atoms with Crippen LogP contribution in [0.2, 0.25) is 0 Å². The molecule has 4 heterocycles. The number of nitrogens with zero attached hydrogens (tertiary/aromatic N) is 3. The van der Waals surface area contributed by atoms with Gasteiger partial charge in [0.2, 0.25) is 0 Å². The molecule has 0 saturated carbocycles. The fourth-order valence-corrected chi connectivity index (χ4v) is 6.18. The van der Waals surface area contributed by atoms with Crippen LogP contribution < -0.4 is 0 Å². The Kier molecular flexibility index (Phi) is 3.93. The molecule has 156 valence electrons. The van der Waals surface area contributed by atoms with Gasteiger partial charge in [-0.3, -0.25) is 9.97 Å². The first kappa shape index (κ1) is 18.5. The standard InChI is InChI=1S/C29H19N3S/c1-18-7-6-16-30-28(18)23-14-12-19(17-31-23)32-24-10-4-2-9-22(24)27-25(32)15-13-21-20-8-3-5-11-26(20)33-29(21)27/h2-17H,1H3. The first-order valence-corrected chi connectivity index (χ1v) is 11.8. The molecule has 3 nitrogen and oxygen atoms in total. The number of aromatic nitrogens is 3. The average molecular weight is 442 g/mol. The van der Waals surface area contributed by atoms with E-state index in [1.807, 2.05) is 29.8 Å². The number of hydrogen-bond donors (Lipinski definition) is 0. The van der Waals surface area contributed by atoms with Crippen molar-refractivity contribution in [2.24, 2.45) is 0 Å². The van der Waals surface area contributed by atoms with Crippen molar-refractivity contribution >= 4 is 53.3 Å². The third-order valence-electron chi connectivity index (χ3n) is 6.44. The molecule has 0 spiro atoms. The summed E-state index contributed by atoms with van der Waals surface area (Å²) in [6, 6.07) is 30.1. The lowest BCUT2D eigenvalue weighted by Crippen LogP contribution is -1.96. The van der Waals surface area contributed by atoms with Gasteiger partial charge in [0.25, 0.3) is 0 Å². The Labute approximate surface area is 194 Å². The van der Waals surface area contributed by atoms with Crippen LogP contribution in [-0.2, 0) is 0 Å². The highest BCUT2D eigenvalue weighted by molar-refractivity contribution is 7.26. The molecule has 0 saturated heterocycles. The maximum atomic E-state index is 4.80. The summed E-state index contributed by atoms with van der Waals surface area (Å²) in [6.45, 7) is 2.07. The molecule has 0 fully saturated rings. The van der Waals surface area contributed by atoms with E-state index in [9.17, 15) is 0 Å². The highest BCUT2D eigenvalue weighted by Crippen LogP contribution is 2.43. The van der Waals surface area contributed by atoms with E-state index in [-0.39, 0.29) is 0 Å². The molecule has 7 rings (SSSR count). The fraction of sp³-hybridized carbons (Fsp3) is 0.0345. The number of benzene rings is 3. The minimum atomic E-state index is 0.893. The minimum absolute atomic E-state index is 0.893. The zero-order valence-corrected chi connectivity index (χ0v) is 18.8. The van der Waals surface area contributed by atoms with Gasteiger partial charge in [-0.15, -0.1) is 11.3 Å². The van der Waals surface area contributed by atoms with Gasteiger partial charge in [-0.25, -0.2) is 0 Å². The second-order valence-electron chi connectivity index (χ2n) is 8.36. The number of para-hydroxylation sites is 1. The second kappa shape index (κ2) is 6.99. The average Bonchev–Trinajstić information content (AvgIpc) is 3.40. The van der Waals surface area contributed by atoms with Crippen molar-refractivity contribution < 1.29 is 0 Å². The molecule has 0 unspecified atom stereocenters. The molecule has 0 aliphatic rings. The van der Waals surface area contributed by atoms with E-state index in [0.717, 1.165) is 22.6 Å². The smallest absolute Gasteiger partial charge is 0.0915 e. The lowest BCUT2D eigenvalue weighted by Gasteiger charge is -2.09. The maximum absolute atomic E-state index is 4.80. The molecular formula is C29H19N3S. The van der Waals surface area contributed by atoms with Gasteiger partial charge in [-0.05, 0) is 48.9 Å². The number of thiophene rings is 1. The van der Waals surface area contributed by atoms with E-state index >= 15 is 0 Å². The van der Waals surface area contributed by atoms with Gasteiger partial charge in [0.15, 0.2) is 0 Å². The molecule has 33 heavy (non-hydrogen) atoms. The van der Waals surface area contributed by atoms with Crippen molar-refractivity contribution in [2.45, 2.75) is 6.92 Å². The van der Waals surface area contributed by atoms with Crippen LogP contribution in [0.1, 0.15) is 5.56 Å². The van der Waals surface area contributed by atoms with E-state index in [0.29, 0.717) is 0 Å². The monoisotopic (exact) mass is 441 g/mol. The number of aryl methyl sites for hydroxylation is 1. The quantitative estimate of drug-likeness (QED) is 0.273. The van der Waals surface area contributed by atoms with E-state index in [4.69, 9.17) is 4.98 Å². The third kappa shape index (κ3) is 2.68.